The molecule has 1 N–H and O–H groups in total. The van der Waals surface area contributed by atoms with Crippen molar-refractivity contribution in [1.29, 1.82) is 0 Å². The summed E-state index contributed by atoms with van der Waals surface area (Å²) in [5.74, 6) is 0. The molecule has 0 radical (unpaired) electrons. The van der Waals surface area contributed by atoms with Crippen LogP contribution in [-0.4, -0.2) is 13.4 Å². The standard InChI is InChI=1S/C11H7Cl3N2O2S/c12-7-1-2-10(9(14)5-7)16-19(17,18)11-6-15-4-3-8(11)13/h1-6,16H. The zero-order valence-corrected chi connectivity index (χ0v) is 12.4. The van der Waals surface area contributed by atoms with Gasteiger partial charge < -0.3 is 0 Å². The number of sulfonamides is 1. The molecule has 0 bridgehead atoms. The van der Waals surface area contributed by atoms with Gasteiger partial charge in [0.15, 0.2) is 0 Å². The molecule has 0 fully saturated rings. The summed E-state index contributed by atoms with van der Waals surface area (Å²) in [4.78, 5) is 3.61. The molecule has 0 saturated carbocycles. The van der Waals surface area contributed by atoms with Crippen molar-refractivity contribution in [3.8, 4) is 0 Å². The van der Waals surface area contributed by atoms with Crippen LogP contribution in [0.3, 0.4) is 0 Å². The van der Waals surface area contributed by atoms with Gasteiger partial charge in [0.05, 0.1) is 15.7 Å². The van der Waals surface area contributed by atoms with Gasteiger partial charge in [0.1, 0.15) is 4.90 Å². The number of aromatic nitrogens is 1. The third-order valence-electron chi connectivity index (χ3n) is 2.20. The largest absolute Gasteiger partial charge is 0.278 e. The molecule has 19 heavy (non-hydrogen) atoms. The van der Waals surface area contributed by atoms with E-state index in [-0.39, 0.29) is 20.6 Å². The van der Waals surface area contributed by atoms with Crippen LogP contribution in [-0.2, 0) is 10.0 Å². The van der Waals surface area contributed by atoms with Crippen molar-refractivity contribution < 1.29 is 8.42 Å². The van der Waals surface area contributed by atoms with Gasteiger partial charge in [-0.1, -0.05) is 34.8 Å². The topological polar surface area (TPSA) is 59.1 Å². The van der Waals surface area contributed by atoms with E-state index in [0.29, 0.717) is 5.02 Å². The third kappa shape index (κ3) is 3.30. The summed E-state index contributed by atoms with van der Waals surface area (Å²) in [5, 5.41) is 0.677. The Balaban J connectivity index is 2.40. The molecule has 0 atom stereocenters. The van der Waals surface area contributed by atoms with Crippen molar-refractivity contribution in [2.24, 2.45) is 0 Å². The molecular weight excluding hydrogens is 331 g/mol. The molecule has 4 nitrogen and oxygen atoms in total. The predicted octanol–water partition coefficient (Wildman–Crippen LogP) is 3.84. The van der Waals surface area contributed by atoms with Crippen molar-refractivity contribution >= 4 is 50.5 Å². The molecule has 0 amide bonds. The minimum absolute atomic E-state index is 0.0765. The SMILES string of the molecule is O=S(=O)(Nc1ccc(Cl)cc1Cl)c1cnccc1Cl. The Morgan fingerprint density at radius 3 is 2.42 bits per heavy atom. The van der Waals surface area contributed by atoms with Crippen LogP contribution in [0.15, 0.2) is 41.6 Å². The second-order valence-corrected chi connectivity index (χ2v) is 6.44. The van der Waals surface area contributed by atoms with Crippen molar-refractivity contribution in [3.05, 3.63) is 51.7 Å². The van der Waals surface area contributed by atoms with Crippen LogP contribution in [0, 0.1) is 0 Å². The monoisotopic (exact) mass is 336 g/mol. The zero-order valence-electron chi connectivity index (χ0n) is 9.27. The number of benzene rings is 1. The lowest BCUT2D eigenvalue weighted by molar-refractivity contribution is 0.601. The fourth-order valence-electron chi connectivity index (χ4n) is 1.33. The molecular formula is C11H7Cl3N2O2S. The maximum absolute atomic E-state index is 12.1. The van der Waals surface area contributed by atoms with E-state index >= 15 is 0 Å². The van der Waals surface area contributed by atoms with Gasteiger partial charge in [-0.3, -0.25) is 9.71 Å². The van der Waals surface area contributed by atoms with E-state index in [2.05, 4.69) is 9.71 Å². The normalized spacial score (nSPS) is 11.3. The molecule has 0 aliphatic rings. The predicted molar refractivity (Wildman–Crippen MR) is 76.5 cm³/mol. The smallest absolute Gasteiger partial charge is 0.264 e. The van der Waals surface area contributed by atoms with Crippen molar-refractivity contribution in [2.75, 3.05) is 4.72 Å². The van der Waals surface area contributed by atoms with Crippen LogP contribution in [0.5, 0.6) is 0 Å². The second kappa shape index (κ2) is 5.54. The summed E-state index contributed by atoms with van der Waals surface area (Å²) < 4.78 is 26.6. The molecule has 100 valence electrons. The number of hydrogen-bond donors (Lipinski definition) is 1. The summed E-state index contributed by atoms with van der Waals surface area (Å²) in [5.41, 5.74) is 0.214. The summed E-state index contributed by atoms with van der Waals surface area (Å²) in [6.07, 6.45) is 2.56. The third-order valence-corrected chi connectivity index (χ3v) is 4.58. The van der Waals surface area contributed by atoms with E-state index in [4.69, 9.17) is 34.8 Å². The van der Waals surface area contributed by atoms with Crippen molar-refractivity contribution in [3.63, 3.8) is 0 Å². The molecule has 2 aromatic rings. The van der Waals surface area contributed by atoms with Crippen molar-refractivity contribution in [2.45, 2.75) is 4.90 Å². The Morgan fingerprint density at radius 1 is 1.05 bits per heavy atom. The lowest BCUT2D eigenvalue weighted by Crippen LogP contribution is -2.14. The van der Waals surface area contributed by atoms with E-state index in [1.807, 2.05) is 0 Å². The minimum atomic E-state index is -3.85. The molecule has 1 aromatic carbocycles. The van der Waals surface area contributed by atoms with Gasteiger partial charge >= 0.3 is 0 Å². The maximum atomic E-state index is 12.1. The fourth-order valence-corrected chi connectivity index (χ4v) is 3.36. The quantitative estimate of drug-likeness (QED) is 0.925. The first-order valence-electron chi connectivity index (χ1n) is 4.97. The van der Waals surface area contributed by atoms with Crippen LogP contribution in [0.25, 0.3) is 0 Å². The summed E-state index contributed by atoms with van der Waals surface area (Å²) >= 11 is 17.5. The van der Waals surface area contributed by atoms with Crippen LogP contribution < -0.4 is 4.72 Å². The van der Waals surface area contributed by atoms with Gasteiger partial charge in [0, 0.05) is 17.4 Å². The van der Waals surface area contributed by atoms with E-state index < -0.39 is 10.0 Å². The van der Waals surface area contributed by atoms with Gasteiger partial charge in [-0.2, -0.15) is 0 Å². The second-order valence-electron chi connectivity index (χ2n) is 3.54. The highest BCUT2D eigenvalue weighted by atomic mass is 35.5. The lowest BCUT2D eigenvalue weighted by Gasteiger charge is -2.10. The van der Waals surface area contributed by atoms with Crippen LogP contribution in [0.4, 0.5) is 5.69 Å². The van der Waals surface area contributed by atoms with E-state index in [0.717, 1.165) is 6.20 Å². The molecule has 1 heterocycles. The Kier molecular flexibility index (Phi) is 4.20. The summed E-state index contributed by atoms with van der Waals surface area (Å²) in [6, 6.07) is 5.81. The van der Waals surface area contributed by atoms with Gasteiger partial charge in [-0.05, 0) is 24.3 Å². The number of nitrogens with one attached hydrogen (secondary N) is 1. The lowest BCUT2D eigenvalue weighted by atomic mass is 10.3. The number of hydrogen-bond acceptors (Lipinski definition) is 3. The molecule has 0 spiro atoms. The Hall–Kier alpha value is -1.01. The maximum Gasteiger partial charge on any atom is 0.264 e. The number of anilines is 1. The minimum Gasteiger partial charge on any atom is -0.278 e. The molecule has 0 aliphatic carbocycles. The van der Waals surface area contributed by atoms with E-state index in [1.165, 1.54) is 30.5 Å². The number of pyridine rings is 1. The molecule has 0 saturated heterocycles. The first-order valence-corrected chi connectivity index (χ1v) is 7.59. The number of halogens is 3. The van der Waals surface area contributed by atoms with Crippen molar-refractivity contribution in [1.82, 2.24) is 4.98 Å². The Labute approximate surface area is 125 Å². The number of rotatable bonds is 3. The van der Waals surface area contributed by atoms with Crippen LogP contribution >= 0.6 is 34.8 Å². The van der Waals surface area contributed by atoms with Gasteiger partial charge in [-0.25, -0.2) is 8.42 Å². The average molecular weight is 338 g/mol. The Morgan fingerprint density at radius 2 is 1.79 bits per heavy atom. The molecule has 1 aromatic heterocycles. The fraction of sp³-hybridized carbons (Fsp3) is 0. The van der Waals surface area contributed by atoms with E-state index in [1.54, 1.807) is 0 Å². The van der Waals surface area contributed by atoms with E-state index in [9.17, 15) is 8.42 Å². The van der Waals surface area contributed by atoms with Crippen LogP contribution in [0.1, 0.15) is 0 Å². The molecule has 8 heteroatoms. The highest BCUT2D eigenvalue weighted by molar-refractivity contribution is 7.92. The summed E-state index contributed by atoms with van der Waals surface area (Å²) in [6.45, 7) is 0. The van der Waals surface area contributed by atoms with Gasteiger partial charge in [0.2, 0.25) is 0 Å². The molecule has 0 unspecified atom stereocenters. The number of nitrogens with zero attached hydrogens (tertiary/aromatic N) is 1. The first-order chi connectivity index (χ1) is 8.90. The first kappa shape index (κ1) is 14.4. The zero-order chi connectivity index (χ0) is 14.0. The molecule has 2 rings (SSSR count). The molecule has 0 aliphatic heterocycles. The highest BCUT2D eigenvalue weighted by Gasteiger charge is 2.19. The van der Waals surface area contributed by atoms with Crippen LogP contribution in [0.2, 0.25) is 15.1 Å². The van der Waals surface area contributed by atoms with Gasteiger partial charge in [-0.15, -0.1) is 0 Å². The Bertz CT molecular complexity index is 720. The van der Waals surface area contributed by atoms with Gasteiger partial charge in [0.25, 0.3) is 10.0 Å². The average Bonchev–Trinajstić information content (AvgIpc) is 2.33. The highest BCUT2D eigenvalue weighted by Crippen LogP contribution is 2.28. The summed E-state index contributed by atoms with van der Waals surface area (Å²) in [7, 11) is -3.85.